The van der Waals surface area contributed by atoms with Crippen LogP contribution in [-0.4, -0.2) is 50.6 Å². The van der Waals surface area contributed by atoms with Crippen molar-refractivity contribution in [2.45, 2.75) is 26.3 Å². The number of hydrogen-bond acceptors (Lipinski definition) is 3. The van der Waals surface area contributed by atoms with E-state index in [0.29, 0.717) is 19.1 Å². The third-order valence-electron chi connectivity index (χ3n) is 3.82. The molecule has 1 aliphatic heterocycles. The number of rotatable bonds is 6. The first-order valence-electron chi connectivity index (χ1n) is 8.39. The van der Waals surface area contributed by atoms with Crippen LogP contribution in [-0.2, 0) is 4.79 Å². The van der Waals surface area contributed by atoms with Crippen molar-refractivity contribution in [2.75, 3.05) is 37.6 Å². The van der Waals surface area contributed by atoms with Crippen molar-refractivity contribution in [3.05, 3.63) is 28.7 Å². The van der Waals surface area contributed by atoms with Crippen LogP contribution in [0.25, 0.3) is 0 Å². The first-order valence-corrected chi connectivity index (χ1v) is 9.18. The van der Waals surface area contributed by atoms with Crippen molar-refractivity contribution in [1.82, 2.24) is 16.0 Å². The van der Waals surface area contributed by atoms with E-state index in [4.69, 9.17) is 0 Å². The molecule has 0 aromatic heterocycles. The van der Waals surface area contributed by atoms with E-state index in [9.17, 15) is 4.79 Å². The van der Waals surface area contributed by atoms with Gasteiger partial charge in [-0.2, -0.15) is 0 Å². The predicted molar refractivity (Wildman–Crippen MR) is 103 cm³/mol. The molecule has 24 heavy (non-hydrogen) atoms. The molecule has 7 heteroatoms. The number of aliphatic imine (C=N–C) groups is 1. The summed E-state index contributed by atoms with van der Waals surface area (Å²) in [5.74, 6) is 0.782. The quantitative estimate of drug-likeness (QED) is 0.389. The van der Waals surface area contributed by atoms with E-state index >= 15 is 0 Å². The number of nitrogens with zero attached hydrogens (tertiary/aromatic N) is 2. The fourth-order valence-electron chi connectivity index (χ4n) is 2.72. The summed E-state index contributed by atoms with van der Waals surface area (Å²) in [5, 5.41) is 9.51. The fraction of sp³-hybridized carbons (Fsp3) is 0.529. The average molecular weight is 396 g/mol. The van der Waals surface area contributed by atoms with Crippen LogP contribution >= 0.6 is 15.9 Å². The molecule has 1 aliphatic rings. The van der Waals surface area contributed by atoms with Gasteiger partial charge in [0.25, 0.3) is 0 Å². The lowest BCUT2D eigenvalue weighted by atomic mass is 10.3. The average Bonchev–Trinajstić information content (AvgIpc) is 3.00. The molecule has 1 amide bonds. The molecule has 1 heterocycles. The minimum atomic E-state index is -0.0250. The van der Waals surface area contributed by atoms with E-state index in [2.05, 4.69) is 60.0 Å². The SMILES string of the molecule is CCNC(=NCCNC(C)=O)NC1CCN(c2ccccc2Br)C1. The molecule has 1 aromatic carbocycles. The molecule has 1 atom stereocenters. The van der Waals surface area contributed by atoms with E-state index in [0.717, 1.165) is 36.5 Å². The third-order valence-corrected chi connectivity index (χ3v) is 4.49. The highest BCUT2D eigenvalue weighted by atomic mass is 79.9. The van der Waals surface area contributed by atoms with Crippen molar-refractivity contribution < 1.29 is 4.79 Å². The number of para-hydroxylation sites is 1. The summed E-state index contributed by atoms with van der Waals surface area (Å²) in [5.41, 5.74) is 1.23. The molecule has 0 aliphatic carbocycles. The maximum atomic E-state index is 10.9. The molecule has 0 spiro atoms. The standard InChI is InChI=1S/C17H26BrN5O/c1-3-19-17(21-10-9-20-13(2)24)22-14-8-11-23(12-14)16-7-5-4-6-15(16)18/h4-7,14H,3,8-12H2,1-2H3,(H,20,24)(H2,19,21,22). The Labute approximate surface area is 152 Å². The summed E-state index contributed by atoms with van der Waals surface area (Å²) >= 11 is 3.62. The van der Waals surface area contributed by atoms with E-state index in [1.54, 1.807) is 0 Å². The summed E-state index contributed by atoms with van der Waals surface area (Å²) in [4.78, 5) is 17.8. The van der Waals surface area contributed by atoms with Gasteiger partial charge in [-0.15, -0.1) is 0 Å². The smallest absolute Gasteiger partial charge is 0.216 e. The summed E-state index contributed by atoms with van der Waals surface area (Å²) in [6, 6.07) is 8.66. The van der Waals surface area contributed by atoms with Crippen LogP contribution < -0.4 is 20.9 Å². The number of benzene rings is 1. The lowest BCUT2D eigenvalue weighted by Gasteiger charge is -2.21. The van der Waals surface area contributed by atoms with Gasteiger partial charge in [-0.05, 0) is 41.4 Å². The molecular weight excluding hydrogens is 370 g/mol. The largest absolute Gasteiger partial charge is 0.368 e. The van der Waals surface area contributed by atoms with Gasteiger partial charge >= 0.3 is 0 Å². The van der Waals surface area contributed by atoms with Crippen LogP contribution in [0.4, 0.5) is 5.69 Å². The first kappa shape index (κ1) is 18.6. The Kier molecular flexibility index (Phi) is 7.36. The molecule has 6 nitrogen and oxygen atoms in total. The highest BCUT2D eigenvalue weighted by Gasteiger charge is 2.24. The molecule has 1 saturated heterocycles. The van der Waals surface area contributed by atoms with Gasteiger partial charge in [0.1, 0.15) is 0 Å². The molecule has 3 N–H and O–H groups in total. The molecule has 132 valence electrons. The summed E-state index contributed by atoms with van der Waals surface area (Å²) in [7, 11) is 0. The van der Waals surface area contributed by atoms with Crippen molar-refractivity contribution in [1.29, 1.82) is 0 Å². The Hall–Kier alpha value is -1.76. The van der Waals surface area contributed by atoms with Gasteiger partial charge in [0.05, 0.1) is 12.2 Å². The Morgan fingerprint density at radius 1 is 1.38 bits per heavy atom. The van der Waals surface area contributed by atoms with Crippen LogP contribution in [0.5, 0.6) is 0 Å². The molecular formula is C17H26BrN5O. The summed E-state index contributed by atoms with van der Waals surface area (Å²) in [6.45, 7) is 7.46. The van der Waals surface area contributed by atoms with Crippen molar-refractivity contribution in [2.24, 2.45) is 4.99 Å². The van der Waals surface area contributed by atoms with Crippen LogP contribution in [0.2, 0.25) is 0 Å². The Bertz CT molecular complexity index is 578. The van der Waals surface area contributed by atoms with Gasteiger partial charge in [-0.1, -0.05) is 12.1 Å². The van der Waals surface area contributed by atoms with Gasteiger partial charge in [0.15, 0.2) is 5.96 Å². The van der Waals surface area contributed by atoms with Gasteiger partial charge in [0.2, 0.25) is 5.91 Å². The Morgan fingerprint density at radius 2 is 2.17 bits per heavy atom. The van der Waals surface area contributed by atoms with E-state index in [1.165, 1.54) is 12.6 Å². The molecule has 1 fully saturated rings. The second kappa shape index (κ2) is 9.52. The van der Waals surface area contributed by atoms with Crippen LogP contribution in [0.15, 0.2) is 33.7 Å². The maximum absolute atomic E-state index is 10.9. The van der Waals surface area contributed by atoms with Crippen LogP contribution in [0.1, 0.15) is 20.3 Å². The molecule has 0 bridgehead atoms. The Morgan fingerprint density at radius 3 is 2.88 bits per heavy atom. The number of guanidine groups is 1. The maximum Gasteiger partial charge on any atom is 0.216 e. The number of amides is 1. The van der Waals surface area contributed by atoms with Gasteiger partial charge in [0, 0.05) is 43.6 Å². The van der Waals surface area contributed by atoms with Crippen LogP contribution in [0.3, 0.4) is 0 Å². The molecule has 1 unspecified atom stereocenters. The topological polar surface area (TPSA) is 68.8 Å². The second-order valence-electron chi connectivity index (χ2n) is 5.77. The number of hydrogen-bond donors (Lipinski definition) is 3. The van der Waals surface area contributed by atoms with Crippen molar-refractivity contribution in [3.8, 4) is 0 Å². The first-order chi connectivity index (χ1) is 11.6. The van der Waals surface area contributed by atoms with Crippen LogP contribution in [0, 0.1) is 0 Å². The zero-order chi connectivity index (χ0) is 17.4. The summed E-state index contributed by atoms with van der Waals surface area (Å²) in [6.07, 6.45) is 1.07. The zero-order valence-electron chi connectivity index (χ0n) is 14.3. The highest BCUT2D eigenvalue weighted by molar-refractivity contribution is 9.10. The normalized spacial score (nSPS) is 17.7. The number of carbonyl (C=O) groups excluding carboxylic acids is 1. The van der Waals surface area contributed by atoms with Crippen molar-refractivity contribution in [3.63, 3.8) is 0 Å². The predicted octanol–water partition coefficient (Wildman–Crippen LogP) is 1.72. The highest BCUT2D eigenvalue weighted by Crippen LogP contribution is 2.28. The fourth-order valence-corrected chi connectivity index (χ4v) is 3.25. The van der Waals surface area contributed by atoms with Gasteiger partial charge in [-0.3, -0.25) is 9.79 Å². The third kappa shape index (κ3) is 5.70. The van der Waals surface area contributed by atoms with E-state index in [1.807, 2.05) is 13.0 Å². The second-order valence-corrected chi connectivity index (χ2v) is 6.63. The van der Waals surface area contributed by atoms with Gasteiger partial charge in [-0.25, -0.2) is 0 Å². The monoisotopic (exact) mass is 395 g/mol. The number of nitrogens with one attached hydrogen (secondary N) is 3. The number of anilines is 1. The van der Waals surface area contributed by atoms with E-state index in [-0.39, 0.29) is 5.91 Å². The Balaban J connectivity index is 1.88. The minimum absolute atomic E-state index is 0.0250. The lowest BCUT2D eigenvalue weighted by molar-refractivity contribution is -0.118. The molecule has 0 saturated carbocycles. The van der Waals surface area contributed by atoms with E-state index < -0.39 is 0 Å². The molecule has 2 rings (SSSR count). The minimum Gasteiger partial charge on any atom is -0.368 e. The number of halogens is 1. The van der Waals surface area contributed by atoms with Crippen molar-refractivity contribution >= 4 is 33.5 Å². The molecule has 0 radical (unpaired) electrons. The number of carbonyl (C=O) groups is 1. The lowest BCUT2D eigenvalue weighted by Crippen LogP contribution is -2.45. The summed E-state index contributed by atoms with van der Waals surface area (Å²) < 4.78 is 1.13. The van der Waals surface area contributed by atoms with Gasteiger partial charge < -0.3 is 20.9 Å². The zero-order valence-corrected chi connectivity index (χ0v) is 15.9. The molecule has 1 aromatic rings.